The van der Waals surface area contributed by atoms with E-state index >= 15 is 0 Å². The Morgan fingerprint density at radius 2 is 1.61 bits per heavy atom. The molecule has 0 unspecified atom stereocenters. The molecule has 2 heterocycles. The van der Waals surface area contributed by atoms with E-state index < -0.39 is 114 Å². The maximum absolute atomic E-state index is 13.6. The number of amides is 9. The molecule has 2 rings (SSSR count). The van der Waals surface area contributed by atoms with Crippen LogP contribution in [0.1, 0.15) is 72.1 Å². The van der Waals surface area contributed by atoms with E-state index in [1.165, 1.54) is 37.8 Å². The van der Waals surface area contributed by atoms with Gasteiger partial charge >= 0.3 is 6.03 Å². The number of hydrogen-bond donors (Lipinski definition) is 11. The molecule has 21 nitrogen and oxygen atoms in total. The van der Waals surface area contributed by atoms with E-state index in [9.17, 15) is 48.3 Å². The van der Waals surface area contributed by atoms with Crippen LogP contribution in [-0.4, -0.2) is 131 Å². The monoisotopic (exact) mass is 765 g/mol. The fourth-order valence-corrected chi connectivity index (χ4v) is 5.77. The summed E-state index contributed by atoms with van der Waals surface area (Å²) in [5.74, 6) is -6.99. The number of rotatable bonds is 12. The molecule has 54 heavy (non-hydrogen) atoms. The van der Waals surface area contributed by atoms with Crippen molar-refractivity contribution in [2.24, 2.45) is 22.9 Å². The number of nitrogens with zero attached hydrogens (tertiary/aromatic N) is 1. The maximum Gasteiger partial charge on any atom is 0.318 e. The lowest BCUT2D eigenvalue weighted by Crippen LogP contribution is -2.61. The van der Waals surface area contributed by atoms with Crippen molar-refractivity contribution in [2.45, 2.75) is 127 Å². The van der Waals surface area contributed by atoms with Crippen molar-refractivity contribution < 1.29 is 48.3 Å². The molecule has 0 aliphatic carbocycles. The lowest BCUT2D eigenvalue weighted by molar-refractivity contribution is -0.137. The number of Topliss-reactive ketones (excluding diaryl/α,β-unsaturated/α-hetero) is 1. The Morgan fingerprint density at radius 3 is 2.22 bits per heavy atom. The third-order valence-electron chi connectivity index (χ3n) is 8.98. The SMILES string of the molecule is C[C@H](NC(=O)[C@@H]1C/C=C\C[C@H](NC(=O)[C@@H](N)CCCCN)C(=O)N[C@@H](CC(N)=O)C(=O)N[C@@H]([C@@H](C)O)C(=O)N[C@@H](C)C(=O)[C@@H]2CCCN2C(=O)N1)C(N)=O. The van der Waals surface area contributed by atoms with E-state index in [0.717, 1.165) is 0 Å². The molecule has 21 heteroatoms. The highest BCUT2D eigenvalue weighted by Gasteiger charge is 2.39. The molecule has 302 valence electrons. The highest BCUT2D eigenvalue weighted by Crippen LogP contribution is 2.20. The van der Waals surface area contributed by atoms with E-state index in [2.05, 4.69) is 31.9 Å². The van der Waals surface area contributed by atoms with Crippen molar-refractivity contribution in [3.63, 3.8) is 0 Å². The molecule has 1 fully saturated rings. The Hall–Kier alpha value is -5.15. The van der Waals surface area contributed by atoms with Gasteiger partial charge in [0.25, 0.3) is 0 Å². The van der Waals surface area contributed by atoms with Gasteiger partial charge in [-0.2, -0.15) is 0 Å². The summed E-state index contributed by atoms with van der Waals surface area (Å²) in [5.41, 5.74) is 22.2. The fraction of sp³-hybridized carbons (Fsp3) is 0.667. The second-order valence-corrected chi connectivity index (χ2v) is 13.5. The Morgan fingerprint density at radius 1 is 0.944 bits per heavy atom. The minimum Gasteiger partial charge on any atom is -0.391 e. The number of fused-ring (bicyclic) bond motifs is 1. The average Bonchev–Trinajstić information content (AvgIpc) is 3.59. The molecule has 0 aromatic heterocycles. The molecule has 0 aromatic rings. The normalized spacial score (nSPS) is 27.1. The van der Waals surface area contributed by atoms with Crippen molar-refractivity contribution in [1.29, 1.82) is 0 Å². The number of aliphatic hydroxyl groups excluding tert-OH is 1. The summed E-state index contributed by atoms with van der Waals surface area (Å²) in [6.07, 6.45) is 2.12. The number of nitrogens with two attached hydrogens (primary N) is 4. The fourth-order valence-electron chi connectivity index (χ4n) is 5.77. The first-order valence-electron chi connectivity index (χ1n) is 17.9. The first-order valence-corrected chi connectivity index (χ1v) is 17.9. The quantitative estimate of drug-likeness (QED) is 0.0658. The van der Waals surface area contributed by atoms with Gasteiger partial charge in [0.2, 0.25) is 41.4 Å². The predicted molar refractivity (Wildman–Crippen MR) is 192 cm³/mol. The number of urea groups is 1. The van der Waals surface area contributed by atoms with Crippen LogP contribution < -0.4 is 54.8 Å². The predicted octanol–water partition coefficient (Wildman–Crippen LogP) is -4.89. The topological polar surface area (TPSA) is 353 Å². The van der Waals surface area contributed by atoms with E-state index in [1.54, 1.807) is 0 Å². The van der Waals surface area contributed by atoms with Gasteiger partial charge in [-0.15, -0.1) is 0 Å². The van der Waals surface area contributed by atoms with Crippen LogP contribution in [0, 0.1) is 0 Å². The van der Waals surface area contributed by atoms with Crippen LogP contribution >= 0.6 is 0 Å². The van der Waals surface area contributed by atoms with Crippen LogP contribution in [-0.2, 0) is 38.4 Å². The third-order valence-corrected chi connectivity index (χ3v) is 8.98. The molecule has 9 atom stereocenters. The third kappa shape index (κ3) is 13.7. The van der Waals surface area contributed by atoms with Gasteiger partial charge in [0, 0.05) is 6.54 Å². The second-order valence-electron chi connectivity index (χ2n) is 13.5. The minimum atomic E-state index is -1.68. The van der Waals surface area contributed by atoms with Crippen molar-refractivity contribution in [1.82, 2.24) is 36.8 Å². The molecular weight excluding hydrogens is 710 g/mol. The molecular formula is C33H55N11O10. The first-order chi connectivity index (χ1) is 25.4. The zero-order valence-electron chi connectivity index (χ0n) is 30.8. The van der Waals surface area contributed by atoms with Crippen molar-refractivity contribution in [3.8, 4) is 0 Å². The van der Waals surface area contributed by atoms with Crippen LogP contribution in [0.3, 0.4) is 0 Å². The summed E-state index contributed by atoms with van der Waals surface area (Å²) in [6, 6.07) is -11.3. The highest BCUT2D eigenvalue weighted by molar-refractivity contribution is 5.99. The van der Waals surface area contributed by atoms with Gasteiger partial charge in [-0.05, 0) is 65.8 Å². The molecule has 0 saturated carbocycles. The number of primary amides is 2. The number of carbonyl (C=O) groups excluding carboxylic acids is 9. The van der Waals surface area contributed by atoms with E-state index in [4.69, 9.17) is 22.9 Å². The van der Waals surface area contributed by atoms with Gasteiger partial charge in [-0.1, -0.05) is 18.6 Å². The zero-order chi connectivity index (χ0) is 40.7. The van der Waals surface area contributed by atoms with Crippen LogP contribution in [0.25, 0.3) is 0 Å². The van der Waals surface area contributed by atoms with Gasteiger partial charge in [0.1, 0.15) is 30.2 Å². The molecule has 0 bridgehead atoms. The largest absolute Gasteiger partial charge is 0.391 e. The summed E-state index contributed by atoms with van der Waals surface area (Å²) in [5, 5.41) is 25.0. The number of ketones is 1. The summed E-state index contributed by atoms with van der Waals surface area (Å²) < 4.78 is 0. The van der Waals surface area contributed by atoms with Crippen LogP contribution in [0.2, 0.25) is 0 Å². The molecule has 0 spiro atoms. The maximum atomic E-state index is 13.6. The lowest BCUT2D eigenvalue weighted by atomic mass is 10.0. The van der Waals surface area contributed by atoms with Crippen LogP contribution in [0.4, 0.5) is 4.79 Å². The summed E-state index contributed by atoms with van der Waals surface area (Å²) >= 11 is 0. The zero-order valence-corrected chi connectivity index (χ0v) is 30.8. The van der Waals surface area contributed by atoms with E-state index in [1.807, 2.05) is 0 Å². The molecule has 2 aliphatic rings. The van der Waals surface area contributed by atoms with Gasteiger partial charge in [-0.3, -0.25) is 38.4 Å². The van der Waals surface area contributed by atoms with E-state index in [-0.39, 0.29) is 32.2 Å². The molecule has 9 amide bonds. The van der Waals surface area contributed by atoms with Gasteiger partial charge in [0.15, 0.2) is 5.78 Å². The summed E-state index contributed by atoms with van der Waals surface area (Å²) in [6.45, 7) is 4.38. The lowest BCUT2D eigenvalue weighted by Gasteiger charge is -2.30. The van der Waals surface area contributed by atoms with Gasteiger partial charge < -0.3 is 64.8 Å². The average molecular weight is 766 g/mol. The Bertz CT molecular complexity index is 1440. The molecule has 0 aromatic carbocycles. The van der Waals surface area contributed by atoms with Crippen molar-refractivity contribution in [3.05, 3.63) is 12.2 Å². The standard InChI is InChI=1S/C33H55N11O10/c1-16-26(47)23-12-8-14-44(23)33(54)42-21(29(50)39-17(2)27(37)48)11-5-4-10-20(40-28(49)19(35)9-6-7-13-34)30(51)41-22(15-24(36)46)31(52)43-25(18(3)45)32(53)38-16/h4-5,16-23,25,45H,6-15,34-35H2,1-3H3,(H2,36,46)(H2,37,48)(H,38,53)(H,39,50)(H,40,49)(H,41,51)(H,42,54)(H,43,52)/b5-4-/t16-,17-,18+,19-,20-,21-,22-,23-,25-/m0/s1. The summed E-state index contributed by atoms with van der Waals surface area (Å²) in [7, 11) is 0. The highest BCUT2D eigenvalue weighted by atomic mass is 16.3. The van der Waals surface area contributed by atoms with Crippen LogP contribution in [0.5, 0.6) is 0 Å². The van der Waals surface area contributed by atoms with Crippen molar-refractivity contribution >= 4 is 53.2 Å². The number of hydrogen-bond acceptors (Lipinski definition) is 12. The van der Waals surface area contributed by atoms with E-state index in [0.29, 0.717) is 25.8 Å². The number of nitrogens with one attached hydrogen (secondary N) is 6. The summed E-state index contributed by atoms with van der Waals surface area (Å²) in [4.78, 5) is 119. The molecule has 2 aliphatic heterocycles. The molecule has 15 N–H and O–H groups in total. The first kappa shape index (κ1) is 45.0. The van der Waals surface area contributed by atoms with Crippen molar-refractivity contribution in [2.75, 3.05) is 13.1 Å². The Kier molecular flexibility index (Phi) is 17.9. The number of aliphatic hydroxyl groups is 1. The number of unbranched alkanes of at least 4 members (excludes halogenated alkanes) is 1. The Labute approximate surface area is 312 Å². The van der Waals surface area contributed by atoms with Gasteiger partial charge in [-0.25, -0.2) is 4.79 Å². The van der Waals surface area contributed by atoms with Crippen LogP contribution in [0.15, 0.2) is 12.2 Å². The van der Waals surface area contributed by atoms with Gasteiger partial charge in [0.05, 0.1) is 30.7 Å². The Balaban J connectivity index is 2.58. The second kappa shape index (κ2) is 21.5. The molecule has 1 saturated heterocycles. The number of carbonyl (C=O) groups is 9. The minimum absolute atomic E-state index is 0.128. The molecule has 0 radical (unpaired) electrons. The smallest absolute Gasteiger partial charge is 0.318 e.